The Labute approximate surface area is 236 Å². The molecule has 4 aliphatic rings. The summed E-state index contributed by atoms with van der Waals surface area (Å²) in [7, 11) is 1.10. The Morgan fingerprint density at radius 3 is 2.38 bits per heavy atom. The molecule has 1 spiro atoms. The molecule has 5 N–H and O–H groups in total. The molecule has 2 aromatic rings. The third-order valence-electron chi connectivity index (χ3n) is 7.83. The van der Waals surface area contributed by atoms with Crippen LogP contribution in [0, 0.1) is 21.8 Å². The van der Waals surface area contributed by atoms with E-state index < -0.39 is 76.6 Å². The molecule has 6 rings (SSSR count). The summed E-state index contributed by atoms with van der Waals surface area (Å²) < 4.78 is 4.88. The van der Waals surface area contributed by atoms with Gasteiger partial charge in [0, 0.05) is 17.0 Å². The molecule has 0 amide bonds. The van der Waals surface area contributed by atoms with E-state index in [0.717, 1.165) is 13.2 Å². The van der Waals surface area contributed by atoms with E-state index in [2.05, 4.69) is 15.5 Å². The van der Waals surface area contributed by atoms with Crippen LogP contribution in [-0.2, 0) is 11.8 Å². The fraction of sp³-hybridized carbons (Fsp3) is 0.179. The number of H-pyrrole nitrogens is 1. The number of benzene rings is 1. The Morgan fingerprint density at radius 2 is 1.74 bits per heavy atom. The average molecular weight is 589 g/mol. The number of pyridine rings is 1. The van der Waals surface area contributed by atoms with Gasteiger partial charge in [-0.25, -0.2) is 0 Å². The van der Waals surface area contributed by atoms with Crippen LogP contribution in [-0.4, -0.2) is 40.2 Å². The van der Waals surface area contributed by atoms with Crippen molar-refractivity contribution < 1.29 is 20.1 Å². The molecule has 13 nitrogen and oxygen atoms in total. The lowest BCUT2D eigenvalue weighted by Crippen LogP contribution is -2.51. The molecule has 4 aliphatic carbocycles. The summed E-state index contributed by atoms with van der Waals surface area (Å²) in [6.45, 7) is -0.0840. The van der Waals surface area contributed by atoms with Crippen molar-refractivity contribution >= 4 is 40.1 Å². The number of hydrazone groups is 1. The number of phenolic OH excluding ortho intramolecular Hbond substituents is 1. The van der Waals surface area contributed by atoms with Crippen LogP contribution >= 0.6 is 11.6 Å². The summed E-state index contributed by atoms with van der Waals surface area (Å²) in [4.78, 5) is 68.4. The number of aromatic nitrogens is 1. The van der Waals surface area contributed by atoms with Crippen molar-refractivity contribution in [1.82, 2.24) is 10.4 Å². The zero-order valence-electron chi connectivity index (χ0n) is 21.4. The van der Waals surface area contributed by atoms with Crippen LogP contribution in [0.5, 0.6) is 11.5 Å². The summed E-state index contributed by atoms with van der Waals surface area (Å²) >= 11 is 6.71. The monoisotopic (exact) mass is 588 g/mol. The quantitative estimate of drug-likeness (QED) is 0.0808. The molecule has 0 fully saturated rings. The predicted octanol–water partition coefficient (Wildman–Crippen LogP) is -1.39. The highest BCUT2D eigenvalue weighted by atomic mass is 35.5. The number of aromatic hydroxyl groups is 1. The lowest BCUT2D eigenvalue weighted by atomic mass is 9.78. The van der Waals surface area contributed by atoms with Gasteiger partial charge in [-0.1, -0.05) is 11.6 Å². The maximum Gasteiger partial charge on any atom is 0.260 e. The second kappa shape index (κ2) is 9.02. The van der Waals surface area contributed by atoms with Gasteiger partial charge in [0.2, 0.25) is 16.3 Å². The zero-order valence-corrected chi connectivity index (χ0v) is 22.2. The van der Waals surface area contributed by atoms with Crippen molar-refractivity contribution in [3.05, 3.63) is 106 Å². The van der Waals surface area contributed by atoms with E-state index in [4.69, 9.17) is 21.6 Å². The number of phenols is 1. The number of ether oxygens (including phenoxy) is 1. The minimum absolute atomic E-state index is 0.000227. The molecule has 0 aliphatic heterocycles. The zero-order chi connectivity index (χ0) is 30.2. The maximum atomic E-state index is 13.6. The average Bonchev–Trinajstić information content (AvgIpc) is 3.47. The number of aliphatic hydroxyl groups excluding tert-OH is 2. The fourth-order valence-corrected chi connectivity index (χ4v) is 6.42. The normalized spacial score (nSPS) is 17.4. The van der Waals surface area contributed by atoms with Gasteiger partial charge in [-0.15, -0.1) is 0 Å². The SMILES string of the molecule is COc1cc(=O)c2c(=O)c3c(c(=O)c=2c1=O)=C(O)[C@]1(CCc2c1c(O)c1c(=O)[nH]c(C=NNCC#N)cc1c2Cl)C=3O. The van der Waals surface area contributed by atoms with E-state index in [1.807, 2.05) is 6.07 Å². The van der Waals surface area contributed by atoms with Crippen LogP contribution < -0.4 is 47.9 Å². The van der Waals surface area contributed by atoms with Gasteiger partial charge >= 0.3 is 0 Å². The Kier molecular flexibility index (Phi) is 5.74. The molecule has 1 aromatic heterocycles. The molecule has 0 saturated heterocycles. The molecule has 14 heteroatoms. The van der Waals surface area contributed by atoms with Gasteiger partial charge in [0.15, 0.2) is 11.2 Å². The molecule has 210 valence electrons. The number of hydrogen-bond donors (Lipinski definition) is 5. The highest BCUT2D eigenvalue weighted by Crippen LogP contribution is 2.56. The molecule has 0 bridgehead atoms. The number of nitriles is 1. The van der Waals surface area contributed by atoms with Crippen molar-refractivity contribution in [3.63, 3.8) is 0 Å². The van der Waals surface area contributed by atoms with E-state index >= 15 is 0 Å². The van der Waals surface area contributed by atoms with E-state index in [1.165, 1.54) is 12.3 Å². The summed E-state index contributed by atoms with van der Waals surface area (Å²) in [5.41, 5.74) is -4.58. The molecular formula is C28H17ClN4O9. The number of nitrogens with one attached hydrogen (secondary N) is 2. The standard InChI is InChI=1S/C28H17ClN4O9/c1-42-13-7-12(34)15-16(21(13)35)23(37)18-17(22(15)36)25(39)28(26(18)40)3-2-10-19(28)24(38)14-11(20(10)29)6-9(33-27(14)41)8-32-31-5-4-30/h6-8,31,38-40H,2-3,5H2,1H3,(H,33,41)/t28-/m0/s1. The number of hydrogen-bond acceptors (Lipinski definition) is 12. The fourth-order valence-electron chi connectivity index (χ4n) is 6.08. The Bertz CT molecular complexity index is 2470. The largest absolute Gasteiger partial charge is 0.510 e. The van der Waals surface area contributed by atoms with Crippen LogP contribution in [0.2, 0.25) is 5.02 Å². The van der Waals surface area contributed by atoms with E-state index in [-0.39, 0.29) is 52.0 Å². The van der Waals surface area contributed by atoms with Crippen LogP contribution in [0.4, 0.5) is 0 Å². The predicted molar refractivity (Wildman–Crippen MR) is 150 cm³/mol. The molecule has 1 atom stereocenters. The Morgan fingerprint density at radius 1 is 1.07 bits per heavy atom. The lowest BCUT2D eigenvalue weighted by molar-refractivity contribution is 0.362. The maximum absolute atomic E-state index is 13.6. The number of aromatic amines is 1. The summed E-state index contributed by atoms with van der Waals surface area (Å²) in [5, 5.41) is 43.8. The number of halogens is 1. The highest BCUT2D eigenvalue weighted by molar-refractivity contribution is 6.37. The van der Waals surface area contributed by atoms with Gasteiger partial charge in [0.1, 0.15) is 29.2 Å². The third-order valence-corrected chi connectivity index (χ3v) is 8.26. The third kappa shape index (κ3) is 3.18. The van der Waals surface area contributed by atoms with Gasteiger partial charge in [-0.05, 0) is 24.5 Å². The summed E-state index contributed by atoms with van der Waals surface area (Å²) in [5.74, 6) is -2.80. The van der Waals surface area contributed by atoms with E-state index in [1.54, 1.807) is 0 Å². The first-order valence-corrected chi connectivity index (χ1v) is 12.7. The van der Waals surface area contributed by atoms with Crippen LogP contribution in [0.25, 0.3) is 22.3 Å². The first kappa shape index (κ1) is 26.7. The Balaban J connectivity index is 1.73. The molecule has 0 unspecified atom stereocenters. The minimum Gasteiger partial charge on any atom is -0.510 e. The van der Waals surface area contributed by atoms with Gasteiger partial charge in [0.25, 0.3) is 5.56 Å². The first-order chi connectivity index (χ1) is 20.0. The second-order valence-corrected chi connectivity index (χ2v) is 10.2. The van der Waals surface area contributed by atoms with Crippen molar-refractivity contribution in [2.24, 2.45) is 5.10 Å². The number of methoxy groups -OCH3 is 1. The molecular weight excluding hydrogens is 572 g/mol. The number of rotatable bonds is 4. The van der Waals surface area contributed by atoms with Crippen LogP contribution in [0.1, 0.15) is 23.2 Å². The van der Waals surface area contributed by atoms with E-state index in [0.29, 0.717) is 0 Å². The van der Waals surface area contributed by atoms with Crippen molar-refractivity contribution in [2.45, 2.75) is 18.3 Å². The smallest absolute Gasteiger partial charge is 0.260 e. The molecule has 1 heterocycles. The second-order valence-electron chi connectivity index (χ2n) is 9.78. The minimum atomic E-state index is -2.07. The summed E-state index contributed by atoms with van der Waals surface area (Å²) in [6.07, 6.45) is 1.07. The first-order valence-electron chi connectivity index (χ1n) is 12.3. The van der Waals surface area contributed by atoms with E-state index in [9.17, 15) is 39.3 Å². The van der Waals surface area contributed by atoms with Gasteiger partial charge in [0.05, 0.1) is 56.4 Å². The van der Waals surface area contributed by atoms with Crippen LogP contribution in [0.15, 0.2) is 41.2 Å². The van der Waals surface area contributed by atoms with Crippen molar-refractivity contribution in [1.29, 1.82) is 5.26 Å². The van der Waals surface area contributed by atoms with Crippen molar-refractivity contribution in [3.8, 4) is 17.6 Å². The summed E-state index contributed by atoms with van der Waals surface area (Å²) in [6, 6.07) is 4.02. The molecule has 0 saturated carbocycles. The lowest BCUT2D eigenvalue weighted by Gasteiger charge is -2.27. The number of nitrogens with zero attached hydrogens (tertiary/aromatic N) is 2. The van der Waals surface area contributed by atoms with Gasteiger partial charge < -0.3 is 25.0 Å². The van der Waals surface area contributed by atoms with Gasteiger partial charge in [-0.2, -0.15) is 10.4 Å². The van der Waals surface area contributed by atoms with Gasteiger partial charge in [-0.3, -0.25) is 29.4 Å². The highest BCUT2D eigenvalue weighted by Gasteiger charge is 2.53. The number of fused-ring (bicyclic) bond motifs is 4. The topological polar surface area (TPSA) is 219 Å². The van der Waals surface area contributed by atoms with Crippen molar-refractivity contribution in [2.75, 3.05) is 13.7 Å². The number of aliphatic hydroxyl groups is 2. The Hall–Kier alpha value is -5.48. The molecule has 0 radical (unpaired) electrons. The van der Waals surface area contributed by atoms with Crippen LogP contribution in [0.3, 0.4) is 0 Å². The molecule has 42 heavy (non-hydrogen) atoms. The molecule has 1 aromatic carbocycles.